The van der Waals surface area contributed by atoms with E-state index in [0.717, 1.165) is 56.2 Å². The molecule has 0 N–H and O–H groups in total. The molecule has 1 amide bonds. The van der Waals surface area contributed by atoms with Gasteiger partial charge in [0, 0.05) is 31.6 Å². The number of hydrogen-bond acceptors (Lipinski definition) is 4. The standard InChI is InChI=1S/C25H32N2O3/c1-29-23-10-5-7-21(17-23)18-24(28)27-14-12-25(20-27)11-6-13-26(19-25)15-16-30-22-8-3-2-4-9-22/h2-5,7-10,17H,6,11-16,18-20H2,1H3/t25-/m0/s1. The van der Waals surface area contributed by atoms with Gasteiger partial charge >= 0.3 is 0 Å². The number of piperidine rings is 1. The molecule has 2 aromatic carbocycles. The summed E-state index contributed by atoms with van der Waals surface area (Å²) < 4.78 is 11.2. The normalized spacial score (nSPS) is 21.7. The minimum atomic E-state index is 0.227. The Morgan fingerprint density at radius 2 is 1.83 bits per heavy atom. The van der Waals surface area contributed by atoms with E-state index in [0.29, 0.717) is 13.0 Å². The summed E-state index contributed by atoms with van der Waals surface area (Å²) >= 11 is 0. The monoisotopic (exact) mass is 408 g/mol. The highest BCUT2D eigenvalue weighted by Crippen LogP contribution is 2.39. The van der Waals surface area contributed by atoms with Gasteiger partial charge in [0.2, 0.25) is 5.91 Å². The predicted octanol–water partition coefficient (Wildman–Crippen LogP) is 3.63. The second kappa shape index (κ2) is 9.52. The first-order valence-corrected chi connectivity index (χ1v) is 11.0. The van der Waals surface area contributed by atoms with Crippen LogP contribution in [-0.2, 0) is 11.2 Å². The molecule has 2 heterocycles. The zero-order chi connectivity index (χ0) is 20.8. The Bertz CT molecular complexity index is 841. The highest BCUT2D eigenvalue weighted by atomic mass is 16.5. The number of carbonyl (C=O) groups excluding carboxylic acids is 1. The average Bonchev–Trinajstić information content (AvgIpc) is 3.18. The number of para-hydroxylation sites is 1. The zero-order valence-electron chi connectivity index (χ0n) is 17.9. The summed E-state index contributed by atoms with van der Waals surface area (Å²) in [6, 6.07) is 17.8. The fourth-order valence-corrected chi connectivity index (χ4v) is 4.86. The predicted molar refractivity (Wildman–Crippen MR) is 118 cm³/mol. The number of methoxy groups -OCH3 is 1. The highest BCUT2D eigenvalue weighted by molar-refractivity contribution is 5.79. The summed E-state index contributed by atoms with van der Waals surface area (Å²) in [7, 11) is 1.66. The van der Waals surface area contributed by atoms with Crippen molar-refractivity contribution in [3.05, 3.63) is 60.2 Å². The van der Waals surface area contributed by atoms with Crippen molar-refractivity contribution in [3.8, 4) is 11.5 Å². The largest absolute Gasteiger partial charge is 0.497 e. The molecule has 0 bridgehead atoms. The molecule has 160 valence electrons. The molecule has 4 rings (SSSR count). The summed E-state index contributed by atoms with van der Waals surface area (Å²) in [5.41, 5.74) is 1.26. The lowest BCUT2D eigenvalue weighted by Crippen LogP contribution is -2.46. The van der Waals surface area contributed by atoms with E-state index in [1.807, 2.05) is 54.6 Å². The van der Waals surface area contributed by atoms with Crippen LogP contribution in [0.4, 0.5) is 0 Å². The molecule has 0 saturated carbocycles. The fraction of sp³-hybridized carbons (Fsp3) is 0.480. The minimum absolute atomic E-state index is 0.227. The van der Waals surface area contributed by atoms with Gasteiger partial charge in [0.05, 0.1) is 13.5 Å². The van der Waals surface area contributed by atoms with Crippen molar-refractivity contribution < 1.29 is 14.3 Å². The van der Waals surface area contributed by atoms with Gasteiger partial charge in [-0.05, 0) is 55.6 Å². The molecule has 2 fully saturated rings. The molecular weight excluding hydrogens is 376 g/mol. The number of ether oxygens (including phenoxy) is 2. The molecule has 30 heavy (non-hydrogen) atoms. The summed E-state index contributed by atoms with van der Waals surface area (Å²) in [6.07, 6.45) is 3.96. The van der Waals surface area contributed by atoms with Crippen LogP contribution in [0.3, 0.4) is 0 Å². The van der Waals surface area contributed by atoms with Crippen molar-refractivity contribution in [2.75, 3.05) is 46.4 Å². The number of benzene rings is 2. The lowest BCUT2D eigenvalue weighted by Gasteiger charge is -2.40. The number of carbonyl (C=O) groups is 1. The second-order valence-electron chi connectivity index (χ2n) is 8.63. The highest BCUT2D eigenvalue weighted by Gasteiger charge is 2.42. The van der Waals surface area contributed by atoms with Gasteiger partial charge in [-0.2, -0.15) is 0 Å². The third-order valence-electron chi connectivity index (χ3n) is 6.44. The Morgan fingerprint density at radius 1 is 1.00 bits per heavy atom. The molecule has 0 unspecified atom stereocenters. The van der Waals surface area contributed by atoms with E-state index in [1.54, 1.807) is 7.11 Å². The van der Waals surface area contributed by atoms with E-state index in [1.165, 1.54) is 12.8 Å². The molecular formula is C25H32N2O3. The fourth-order valence-electron chi connectivity index (χ4n) is 4.86. The summed E-state index contributed by atoms with van der Waals surface area (Å²) in [6.45, 7) is 5.59. The molecule has 2 aliphatic rings. The summed E-state index contributed by atoms with van der Waals surface area (Å²) in [4.78, 5) is 17.5. The van der Waals surface area contributed by atoms with Crippen LogP contribution in [0.2, 0.25) is 0 Å². The quantitative estimate of drug-likeness (QED) is 0.702. The van der Waals surface area contributed by atoms with Gasteiger partial charge in [0.25, 0.3) is 0 Å². The van der Waals surface area contributed by atoms with Crippen LogP contribution < -0.4 is 9.47 Å². The maximum absolute atomic E-state index is 12.9. The van der Waals surface area contributed by atoms with Gasteiger partial charge < -0.3 is 14.4 Å². The Labute approximate surface area is 179 Å². The average molecular weight is 409 g/mol. The molecule has 5 heteroatoms. The van der Waals surface area contributed by atoms with Gasteiger partial charge in [-0.1, -0.05) is 30.3 Å². The lowest BCUT2D eigenvalue weighted by molar-refractivity contribution is -0.130. The number of nitrogens with zero attached hydrogens (tertiary/aromatic N) is 2. The Balaban J connectivity index is 1.28. The number of likely N-dealkylation sites (tertiary alicyclic amines) is 2. The van der Waals surface area contributed by atoms with Gasteiger partial charge in [-0.15, -0.1) is 0 Å². The van der Waals surface area contributed by atoms with E-state index >= 15 is 0 Å². The van der Waals surface area contributed by atoms with Crippen molar-refractivity contribution in [3.63, 3.8) is 0 Å². The first-order valence-electron chi connectivity index (χ1n) is 11.0. The number of rotatable bonds is 7. The van der Waals surface area contributed by atoms with Crippen molar-refractivity contribution in [1.82, 2.24) is 9.80 Å². The minimum Gasteiger partial charge on any atom is -0.497 e. The summed E-state index contributed by atoms with van der Waals surface area (Å²) in [5.74, 6) is 1.96. The van der Waals surface area contributed by atoms with Crippen LogP contribution in [-0.4, -0.2) is 62.1 Å². The van der Waals surface area contributed by atoms with E-state index in [-0.39, 0.29) is 11.3 Å². The molecule has 5 nitrogen and oxygen atoms in total. The van der Waals surface area contributed by atoms with Crippen LogP contribution in [0.25, 0.3) is 0 Å². The van der Waals surface area contributed by atoms with E-state index < -0.39 is 0 Å². The maximum Gasteiger partial charge on any atom is 0.227 e. The third kappa shape index (κ3) is 5.14. The number of amides is 1. The molecule has 2 aromatic rings. The lowest BCUT2D eigenvalue weighted by atomic mass is 9.79. The van der Waals surface area contributed by atoms with Crippen molar-refractivity contribution >= 4 is 5.91 Å². The van der Waals surface area contributed by atoms with Crippen molar-refractivity contribution in [1.29, 1.82) is 0 Å². The van der Waals surface area contributed by atoms with Crippen LogP contribution >= 0.6 is 0 Å². The first-order chi connectivity index (χ1) is 14.7. The van der Waals surface area contributed by atoms with E-state index in [4.69, 9.17) is 9.47 Å². The zero-order valence-corrected chi connectivity index (χ0v) is 17.9. The van der Waals surface area contributed by atoms with Gasteiger partial charge in [0.1, 0.15) is 18.1 Å². The van der Waals surface area contributed by atoms with Crippen LogP contribution in [0.1, 0.15) is 24.8 Å². The van der Waals surface area contributed by atoms with Gasteiger partial charge in [-0.25, -0.2) is 0 Å². The van der Waals surface area contributed by atoms with E-state index in [9.17, 15) is 4.79 Å². The topological polar surface area (TPSA) is 42.0 Å². The summed E-state index contributed by atoms with van der Waals surface area (Å²) in [5, 5.41) is 0. The molecule has 1 spiro atoms. The van der Waals surface area contributed by atoms with Crippen LogP contribution in [0.15, 0.2) is 54.6 Å². The molecule has 2 aliphatic heterocycles. The molecule has 0 radical (unpaired) electrons. The molecule has 1 atom stereocenters. The smallest absolute Gasteiger partial charge is 0.227 e. The van der Waals surface area contributed by atoms with Gasteiger partial charge in [0.15, 0.2) is 0 Å². The van der Waals surface area contributed by atoms with Crippen LogP contribution in [0.5, 0.6) is 11.5 Å². The van der Waals surface area contributed by atoms with Crippen LogP contribution in [0, 0.1) is 5.41 Å². The number of hydrogen-bond donors (Lipinski definition) is 0. The van der Waals surface area contributed by atoms with Crippen molar-refractivity contribution in [2.24, 2.45) is 5.41 Å². The Kier molecular flexibility index (Phi) is 6.58. The maximum atomic E-state index is 12.9. The Hall–Kier alpha value is -2.53. The van der Waals surface area contributed by atoms with E-state index in [2.05, 4.69) is 9.80 Å². The first kappa shape index (κ1) is 20.7. The Morgan fingerprint density at radius 3 is 2.67 bits per heavy atom. The molecule has 0 aliphatic carbocycles. The molecule has 2 saturated heterocycles. The second-order valence-corrected chi connectivity index (χ2v) is 8.63. The third-order valence-corrected chi connectivity index (χ3v) is 6.44. The SMILES string of the molecule is COc1cccc(CC(=O)N2CC[C@]3(CCCN(CCOc4ccccc4)C3)C2)c1. The van der Waals surface area contributed by atoms with Gasteiger partial charge in [-0.3, -0.25) is 9.69 Å². The van der Waals surface area contributed by atoms with Crippen molar-refractivity contribution in [2.45, 2.75) is 25.7 Å². The molecule has 0 aromatic heterocycles.